The lowest BCUT2D eigenvalue weighted by Crippen LogP contribution is -2.43. The van der Waals surface area contributed by atoms with Crippen LogP contribution in [0.1, 0.15) is 24.0 Å². The molecule has 0 unspecified atom stereocenters. The fourth-order valence-electron chi connectivity index (χ4n) is 5.20. The predicted molar refractivity (Wildman–Crippen MR) is 150 cm³/mol. The van der Waals surface area contributed by atoms with Crippen molar-refractivity contribution in [3.63, 3.8) is 0 Å². The van der Waals surface area contributed by atoms with Crippen LogP contribution < -0.4 is 14.2 Å². The average Bonchev–Trinajstić information content (AvgIpc) is 3.32. The summed E-state index contributed by atoms with van der Waals surface area (Å²) >= 11 is 0. The number of likely N-dealkylation sites (tertiary alicyclic amines) is 1. The molecule has 0 atom stereocenters. The van der Waals surface area contributed by atoms with Crippen molar-refractivity contribution in [2.75, 3.05) is 24.9 Å². The van der Waals surface area contributed by atoms with E-state index in [1.807, 2.05) is 39.9 Å². The molecule has 2 aromatic carbocycles. The zero-order valence-electron chi connectivity index (χ0n) is 22.3. The van der Waals surface area contributed by atoms with Gasteiger partial charge in [-0.15, -0.1) is 0 Å². The predicted octanol–water partition coefficient (Wildman–Crippen LogP) is 4.53. The lowest BCUT2D eigenvalue weighted by atomic mass is 10.1. The van der Waals surface area contributed by atoms with Gasteiger partial charge >= 0.3 is 0 Å². The van der Waals surface area contributed by atoms with Crippen molar-refractivity contribution >= 4 is 32.5 Å². The minimum Gasteiger partial charge on any atom is -0.497 e. The Morgan fingerprint density at radius 1 is 1.03 bits per heavy atom. The second-order valence-electron chi connectivity index (χ2n) is 9.76. The van der Waals surface area contributed by atoms with Crippen LogP contribution in [0.2, 0.25) is 0 Å². The van der Waals surface area contributed by atoms with Gasteiger partial charge in [0, 0.05) is 49.9 Å². The van der Waals surface area contributed by atoms with Crippen molar-refractivity contribution in [1.82, 2.24) is 14.5 Å². The third-order valence-electron chi connectivity index (χ3n) is 7.02. The Labute approximate surface area is 228 Å². The van der Waals surface area contributed by atoms with E-state index >= 15 is 0 Å². The van der Waals surface area contributed by atoms with E-state index in [9.17, 15) is 13.2 Å². The summed E-state index contributed by atoms with van der Waals surface area (Å²) in [6.45, 7) is 4.81. The number of fused-ring (bicyclic) bond motifs is 1. The number of nitrogens with zero attached hydrogens (tertiary/aromatic N) is 3. The van der Waals surface area contributed by atoms with Crippen molar-refractivity contribution in [3.8, 4) is 11.5 Å². The normalized spacial score (nSPS) is 14.4. The molecule has 1 aliphatic rings. The highest BCUT2D eigenvalue weighted by atomic mass is 32.2. The van der Waals surface area contributed by atoms with Crippen LogP contribution in [-0.4, -0.2) is 55.1 Å². The van der Waals surface area contributed by atoms with Gasteiger partial charge in [-0.3, -0.25) is 14.5 Å². The van der Waals surface area contributed by atoms with Crippen LogP contribution in [-0.2, 0) is 21.4 Å². The second-order valence-corrected chi connectivity index (χ2v) is 11.4. The second kappa shape index (κ2) is 11.0. The molecule has 0 spiro atoms. The zero-order valence-corrected chi connectivity index (χ0v) is 23.1. The first-order chi connectivity index (χ1) is 18.7. The monoisotopic (exact) mass is 548 g/mol. The van der Waals surface area contributed by atoms with Gasteiger partial charge < -0.3 is 18.9 Å². The number of carbonyl (C=O) groups excluding carboxylic acids is 1. The van der Waals surface area contributed by atoms with E-state index in [0.29, 0.717) is 41.2 Å². The first-order valence-electron chi connectivity index (χ1n) is 12.9. The SMILES string of the molecule is COc1cc(C)c(S(=O)(=O)Nc2cccc3ccn(CC(=O)N4CCC(Oc5ccncc5)CC4)c23)c(C)c1. The molecule has 1 N–H and O–H groups in total. The molecule has 9 nitrogen and oxygen atoms in total. The summed E-state index contributed by atoms with van der Waals surface area (Å²) in [5.41, 5.74) is 2.26. The number of para-hydroxylation sites is 1. The number of piperidine rings is 1. The van der Waals surface area contributed by atoms with Crippen LogP contribution in [0.15, 0.2) is 72.0 Å². The van der Waals surface area contributed by atoms with Crippen molar-refractivity contribution in [1.29, 1.82) is 0 Å². The maximum absolute atomic E-state index is 13.5. The number of pyridine rings is 1. The van der Waals surface area contributed by atoms with E-state index in [4.69, 9.17) is 9.47 Å². The van der Waals surface area contributed by atoms with Crippen LogP contribution in [0.5, 0.6) is 11.5 Å². The van der Waals surface area contributed by atoms with Crippen molar-refractivity contribution in [3.05, 3.63) is 78.2 Å². The van der Waals surface area contributed by atoms with Crippen LogP contribution in [0.3, 0.4) is 0 Å². The van der Waals surface area contributed by atoms with Crippen molar-refractivity contribution in [2.24, 2.45) is 0 Å². The number of aromatic nitrogens is 2. The third kappa shape index (κ3) is 5.70. The van der Waals surface area contributed by atoms with Gasteiger partial charge in [0.05, 0.1) is 23.2 Å². The quantitative estimate of drug-likeness (QED) is 0.347. The third-order valence-corrected chi connectivity index (χ3v) is 8.69. The smallest absolute Gasteiger partial charge is 0.262 e. The van der Waals surface area contributed by atoms with Gasteiger partial charge in [-0.05, 0) is 61.4 Å². The van der Waals surface area contributed by atoms with Gasteiger partial charge in [0.25, 0.3) is 10.0 Å². The van der Waals surface area contributed by atoms with E-state index in [0.717, 1.165) is 24.0 Å². The van der Waals surface area contributed by atoms with Gasteiger partial charge in [0.2, 0.25) is 5.91 Å². The molecule has 10 heteroatoms. The highest BCUT2D eigenvalue weighted by molar-refractivity contribution is 7.92. The molecule has 2 aromatic heterocycles. The number of rotatable bonds is 8. The standard InChI is InChI=1S/C29H32N4O5S/c1-20-17-25(37-3)18-21(2)29(20)39(35,36)31-26-6-4-5-22-9-14-33(28(22)26)19-27(34)32-15-10-24(11-16-32)38-23-7-12-30-13-8-23/h4-9,12-14,17-18,24,31H,10-11,15-16,19H2,1-3H3. The van der Waals surface area contributed by atoms with E-state index in [2.05, 4.69) is 9.71 Å². The summed E-state index contributed by atoms with van der Waals surface area (Å²) in [5, 5.41) is 0.843. The maximum Gasteiger partial charge on any atom is 0.262 e. The molecule has 0 saturated carbocycles. The first kappa shape index (κ1) is 26.6. The molecule has 204 valence electrons. The van der Waals surface area contributed by atoms with E-state index in [1.54, 1.807) is 57.6 Å². The molecular weight excluding hydrogens is 516 g/mol. The molecule has 0 aliphatic carbocycles. The van der Waals surface area contributed by atoms with Gasteiger partial charge in [-0.25, -0.2) is 8.42 Å². The van der Waals surface area contributed by atoms with Crippen molar-refractivity contribution in [2.45, 2.75) is 44.2 Å². The minimum atomic E-state index is -3.90. The molecule has 39 heavy (non-hydrogen) atoms. The number of ether oxygens (including phenoxy) is 2. The number of hydrogen-bond acceptors (Lipinski definition) is 6. The fourth-order valence-corrected chi connectivity index (χ4v) is 6.72. The van der Waals surface area contributed by atoms with Crippen LogP contribution >= 0.6 is 0 Å². The van der Waals surface area contributed by atoms with Gasteiger partial charge in [0.1, 0.15) is 24.1 Å². The Morgan fingerprint density at radius 2 is 1.72 bits per heavy atom. The summed E-state index contributed by atoms with van der Waals surface area (Å²) in [5.74, 6) is 1.37. The lowest BCUT2D eigenvalue weighted by molar-refractivity contribution is -0.133. The molecule has 5 rings (SSSR count). The summed E-state index contributed by atoms with van der Waals surface area (Å²) in [4.78, 5) is 19.3. The number of hydrogen-bond donors (Lipinski definition) is 1. The fraction of sp³-hybridized carbons (Fsp3) is 0.310. The number of nitrogens with one attached hydrogen (secondary N) is 1. The Balaban J connectivity index is 1.32. The Morgan fingerprint density at radius 3 is 2.38 bits per heavy atom. The Hall–Kier alpha value is -4.05. The molecule has 3 heterocycles. The number of aryl methyl sites for hydroxylation is 2. The van der Waals surface area contributed by atoms with E-state index in [-0.39, 0.29) is 23.5 Å². The van der Waals surface area contributed by atoms with Crippen LogP contribution in [0.4, 0.5) is 5.69 Å². The molecule has 1 aliphatic heterocycles. The molecule has 0 radical (unpaired) electrons. The lowest BCUT2D eigenvalue weighted by Gasteiger charge is -2.32. The summed E-state index contributed by atoms with van der Waals surface area (Å²) in [6.07, 6.45) is 6.75. The van der Waals surface area contributed by atoms with Crippen LogP contribution in [0, 0.1) is 13.8 Å². The topological polar surface area (TPSA) is 103 Å². The average molecular weight is 549 g/mol. The molecule has 1 saturated heterocycles. The number of anilines is 1. The Bertz CT molecular complexity index is 1570. The van der Waals surface area contributed by atoms with E-state index < -0.39 is 10.0 Å². The maximum atomic E-state index is 13.5. The van der Waals surface area contributed by atoms with Crippen molar-refractivity contribution < 1.29 is 22.7 Å². The number of benzene rings is 2. The summed E-state index contributed by atoms with van der Waals surface area (Å²) < 4.78 is 42.9. The van der Waals surface area contributed by atoms with E-state index in [1.165, 1.54) is 0 Å². The molecule has 4 aromatic rings. The van der Waals surface area contributed by atoms with Gasteiger partial charge in [-0.1, -0.05) is 12.1 Å². The molecule has 1 amide bonds. The summed E-state index contributed by atoms with van der Waals surface area (Å²) in [7, 11) is -2.35. The highest BCUT2D eigenvalue weighted by Gasteiger charge is 2.26. The minimum absolute atomic E-state index is 0.0191. The summed E-state index contributed by atoms with van der Waals surface area (Å²) in [6, 6.07) is 14.4. The first-order valence-corrected chi connectivity index (χ1v) is 14.3. The number of amides is 1. The number of methoxy groups -OCH3 is 1. The van der Waals surface area contributed by atoms with Gasteiger partial charge in [-0.2, -0.15) is 0 Å². The molecule has 0 bridgehead atoms. The largest absolute Gasteiger partial charge is 0.497 e. The van der Waals surface area contributed by atoms with Gasteiger partial charge in [0.15, 0.2) is 0 Å². The number of carbonyl (C=O) groups is 1. The molecule has 1 fully saturated rings. The van der Waals surface area contributed by atoms with Crippen LogP contribution in [0.25, 0.3) is 10.9 Å². The Kier molecular flexibility index (Phi) is 7.47. The number of sulfonamides is 1. The zero-order chi connectivity index (χ0) is 27.6. The highest BCUT2D eigenvalue weighted by Crippen LogP contribution is 2.31. The molecular formula is C29H32N4O5S.